The zero-order valence-corrected chi connectivity index (χ0v) is 14.1. The van der Waals surface area contributed by atoms with E-state index in [9.17, 15) is 8.42 Å². The van der Waals surface area contributed by atoms with Gasteiger partial charge in [0.05, 0.1) is 5.69 Å². The zero-order chi connectivity index (χ0) is 15.7. The lowest BCUT2D eigenvalue weighted by atomic mass is 9.76. The van der Waals surface area contributed by atoms with Gasteiger partial charge in [-0.25, -0.2) is 13.4 Å². The Morgan fingerprint density at radius 3 is 2.43 bits per heavy atom. The van der Waals surface area contributed by atoms with E-state index in [-0.39, 0.29) is 10.4 Å². The second kappa shape index (κ2) is 5.93. The van der Waals surface area contributed by atoms with Crippen LogP contribution in [0.15, 0.2) is 23.4 Å². The van der Waals surface area contributed by atoms with E-state index in [0.29, 0.717) is 24.7 Å². The van der Waals surface area contributed by atoms with E-state index in [1.165, 1.54) is 6.20 Å². The van der Waals surface area contributed by atoms with E-state index in [2.05, 4.69) is 31.1 Å². The first-order chi connectivity index (χ1) is 9.76. The number of pyridine rings is 1. The number of sulfonamides is 1. The van der Waals surface area contributed by atoms with Crippen LogP contribution in [0.25, 0.3) is 0 Å². The van der Waals surface area contributed by atoms with E-state index in [1.807, 2.05) is 0 Å². The van der Waals surface area contributed by atoms with Crippen molar-refractivity contribution in [1.82, 2.24) is 9.29 Å². The molecule has 118 valence electrons. The Morgan fingerprint density at radius 2 is 1.90 bits per heavy atom. The lowest BCUT2D eigenvalue weighted by Gasteiger charge is -2.38. The molecule has 0 aliphatic carbocycles. The average Bonchev–Trinajstić information content (AvgIpc) is 2.46. The van der Waals surface area contributed by atoms with Crippen molar-refractivity contribution in [2.24, 2.45) is 11.3 Å². The van der Waals surface area contributed by atoms with Gasteiger partial charge in [-0.2, -0.15) is 4.31 Å². The SMILES string of the molecule is CNc1cccnc1S(=O)(=O)N1CCC(C(C)(C)C)CC1. The largest absolute Gasteiger partial charge is 0.386 e. The summed E-state index contributed by atoms with van der Waals surface area (Å²) in [4.78, 5) is 4.07. The molecule has 21 heavy (non-hydrogen) atoms. The molecule has 1 aliphatic rings. The molecule has 0 bridgehead atoms. The highest BCUT2D eigenvalue weighted by Crippen LogP contribution is 2.36. The molecule has 0 aromatic carbocycles. The standard InChI is InChI=1S/C15H25N3O2S/c1-15(2,3)12-7-10-18(11-8-12)21(19,20)14-13(16-4)6-5-9-17-14/h5-6,9,12,16H,7-8,10-11H2,1-4H3. The highest BCUT2D eigenvalue weighted by Gasteiger charge is 2.35. The first-order valence-corrected chi connectivity index (χ1v) is 8.83. The zero-order valence-electron chi connectivity index (χ0n) is 13.3. The van der Waals surface area contributed by atoms with Crippen molar-refractivity contribution < 1.29 is 8.42 Å². The van der Waals surface area contributed by atoms with Gasteiger partial charge in [-0.3, -0.25) is 0 Å². The summed E-state index contributed by atoms with van der Waals surface area (Å²) in [6, 6.07) is 3.47. The first-order valence-electron chi connectivity index (χ1n) is 7.39. The summed E-state index contributed by atoms with van der Waals surface area (Å²) in [5.74, 6) is 0.566. The lowest BCUT2D eigenvalue weighted by molar-refractivity contribution is 0.154. The number of hydrogen-bond donors (Lipinski definition) is 1. The fourth-order valence-electron chi connectivity index (χ4n) is 2.87. The van der Waals surface area contributed by atoms with Gasteiger partial charge in [-0.15, -0.1) is 0 Å². The Kier molecular flexibility index (Phi) is 4.58. The van der Waals surface area contributed by atoms with Crippen LogP contribution in [0, 0.1) is 11.3 Å². The van der Waals surface area contributed by atoms with Gasteiger partial charge in [-0.1, -0.05) is 20.8 Å². The summed E-state index contributed by atoms with van der Waals surface area (Å²) in [6.07, 6.45) is 3.34. The molecule has 1 aliphatic heterocycles. The van der Waals surface area contributed by atoms with E-state index >= 15 is 0 Å². The topological polar surface area (TPSA) is 62.3 Å². The molecule has 5 nitrogen and oxygen atoms in total. The highest BCUT2D eigenvalue weighted by molar-refractivity contribution is 7.89. The summed E-state index contributed by atoms with van der Waals surface area (Å²) >= 11 is 0. The Morgan fingerprint density at radius 1 is 1.29 bits per heavy atom. The summed E-state index contributed by atoms with van der Waals surface area (Å²) in [5.41, 5.74) is 0.784. The molecule has 1 aromatic heterocycles. The van der Waals surface area contributed by atoms with Crippen LogP contribution >= 0.6 is 0 Å². The van der Waals surface area contributed by atoms with Crippen molar-refractivity contribution in [3.05, 3.63) is 18.3 Å². The van der Waals surface area contributed by atoms with Gasteiger partial charge in [0, 0.05) is 26.3 Å². The third-order valence-electron chi connectivity index (χ3n) is 4.30. The number of anilines is 1. The van der Waals surface area contributed by atoms with Crippen LogP contribution in [-0.4, -0.2) is 37.8 Å². The van der Waals surface area contributed by atoms with Crippen LogP contribution in [0.2, 0.25) is 0 Å². The fraction of sp³-hybridized carbons (Fsp3) is 0.667. The quantitative estimate of drug-likeness (QED) is 0.932. The lowest BCUT2D eigenvalue weighted by Crippen LogP contribution is -2.41. The van der Waals surface area contributed by atoms with Crippen molar-refractivity contribution in [1.29, 1.82) is 0 Å². The smallest absolute Gasteiger partial charge is 0.262 e. The maximum absolute atomic E-state index is 12.7. The molecule has 0 unspecified atom stereocenters. The molecule has 1 fully saturated rings. The number of piperidine rings is 1. The van der Waals surface area contributed by atoms with E-state index in [1.54, 1.807) is 23.5 Å². The maximum atomic E-state index is 12.7. The normalized spacial score (nSPS) is 18.7. The number of hydrogen-bond acceptors (Lipinski definition) is 4. The van der Waals surface area contributed by atoms with Crippen LogP contribution in [0.1, 0.15) is 33.6 Å². The molecule has 6 heteroatoms. The molecule has 2 heterocycles. The first kappa shape index (κ1) is 16.2. The molecule has 0 atom stereocenters. The molecule has 0 saturated carbocycles. The Labute approximate surface area is 127 Å². The molecule has 1 N–H and O–H groups in total. The van der Waals surface area contributed by atoms with Crippen LogP contribution < -0.4 is 5.32 Å². The number of rotatable bonds is 3. The van der Waals surface area contributed by atoms with Crippen LogP contribution in [0.3, 0.4) is 0 Å². The average molecular weight is 311 g/mol. The van der Waals surface area contributed by atoms with E-state index in [0.717, 1.165) is 12.8 Å². The van der Waals surface area contributed by atoms with Crippen molar-refractivity contribution in [3.63, 3.8) is 0 Å². The Bertz CT molecular complexity index is 585. The third-order valence-corrected chi connectivity index (χ3v) is 6.16. The predicted octanol–water partition coefficient (Wildman–Crippen LogP) is 2.57. The summed E-state index contributed by atoms with van der Waals surface area (Å²) in [7, 11) is -1.80. The van der Waals surface area contributed by atoms with E-state index in [4.69, 9.17) is 0 Å². The van der Waals surface area contributed by atoms with Crippen molar-refractivity contribution in [2.75, 3.05) is 25.5 Å². The van der Waals surface area contributed by atoms with Gasteiger partial charge in [0.1, 0.15) is 0 Å². The highest BCUT2D eigenvalue weighted by atomic mass is 32.2. The minimum atomic E-state index is -3.51. The van der Waals surface area contributed by atoms with Crippen LogP contribution in [-0.2, 0) is 10.0 Å². The third kappa shape index (κ3) is 3.37. The van der Waals surface area contributed by atoms with Gasteiger partial charge in [0.25, 0.3) is 10.0 Å². The molecule has 1 aromatic rings. The maximum Gasteiger partial charge on any atom is 0.262 e. The fourth-order valence-corrected chi connectivity index (χ4v) is 4.45. The second-order valence-corrected chi connectivity index (χ2v) is 8.50. The van der Waals surface area contributed by atoms with E-state index < -0.39 is 10.0 Å². The minimum absolute atomic E-state index is 0.127. The van der Waals surface area contributed by atoms with Gasteiger partial charge < -0.3 is 5.32 Å². The Hall–Kier alpha value is -1.14. The summed E-state index contributed by atoms with van der Waals surface area (Å²) in [5, 5.41) is 3.03. The summed E-state index contributed by atoms with van der Waals surface area (Å²) < 4.78 is 27.1. The van der Waals surface area contributed by atoms with Crippen molar-refractivity contribution in [2.45, 2.75) is 38.6 Å². The van der Waals surface area contributed by atoms with Gasteiger partial charge >= 0.3 is 0 Å². The van der Waals surface area contributed by atoms with Gasteiger partial charge in [0.15, 0.2) is 5.03 Å². The molecular formula is C15H25N3O2S. The molecule has 0 radical (unpaired) electrons. The van der Waals surface area contributed by atoms with Crippen molar-refractivity contribution in [3.8, 4) is 0 Å². The molecule has 1 saturated heterocycles. The molecule has 0 spiro atoms. The molecule has 0 amide bonds. The monoisotopic (exact) mass is 311 g/mol. The number of nitrogens with zero attached hydrogens (tertiary/aromatic N) is 2. The second-order valence-electron chi connectivity index (χ2n) is 6.65. The predicted molar refractivity (Wildman–Crippen MR) is 84.7 cm³/mol. The van der Waals surface area contributed by atoms with Crippen molar-refractivity contribution >= 4 is 15.7 Å². The minimum Gasteiger partial charge on any atom is -0.386 e. The number of nitrogens with one attached hydrogen (secondary N) is 1. The van der Waals surface area contributed by atoms with Crippen LogP contribution in [0.5, 0.6) is 0 Å². The molecule has 2 rings (SSSR count). The molecular weight excluding hydrogens is 286 g/mol. The summed E-state index contributed by atoms with van der Waals surface area (Å²) in [6.45, 7) is 7.81. The van der Waals surface area contributed by atoms with Gasteiger partial charge in [-0.05, 0) is 36.3 Å². The van der Waals surface area contributed by atoms with Gasteiger partial charge in [0.2, 0.25) is 0 Å². The van der Waals surface area contributed by atoms with Crippen LogP contribution in [0.4, 0.5) is 5.69 Å². The Balaban J connectivity index is 2.19. The number of aromatic nitrogens is 1.